The smallest absolute Gasteiger partial charge is 0.320 e. The molecule has 3 atom stereocenters. The number of nitrogens with two attached hydrogens (primary N) is 1. The molecule has 0 saturated heterocycles. The summed E-state index contributed by atoms with van der Waals surface area (Å²) in [4.78, 5) is 21.3. The Labute approximate surface area is 87.7 Å². The minimum absolute atomic E-state index is 0. The molecular formula is C8H14ClNO4. The Morgan fingerprint density at radius 3 is 2.29 bits per heavy atom. The van der Waals surface area contributed by atoms with Crippen LogP contribution >= 0.6 is 12.4 Å². The largest absolute Gasteiger partial charge is 0.481 e. The molecule has 0 aromatic rings. The van der Waals surface area contributed by atoms with Crippen LogP contribution in [0.4, 0.5) is 0 Å². The summed E-state index contributed by atoms with van der Waals surface area (Å²) in [5.41, 5.74) is 4.47. The first kappa shape index (κ1) is 13.2. The van der Waals surface area contributed by atoms with Gasteiger partial charge in [-0.15, -0.1) is 12.4 Å². The molecule has 0 amide bonds. The van der Waals surface area contributed by atoms with Crippen molar-refractivity contribution in [2.75, 3.05) is 0 Å². The Bertz CT molecular complexity index is 258. The molecule has 0 radical (unpaired) electrons. The number of hydrogen-bond donors (Lipinski definition) is 3. The SMILES string of the molecule is CC[C@]1(C(=O)O)C[C@H]1[C@H](N)C(=O)O.Cl. The van der Waals surface area contributed by atoms with Crippen LogP contribution in [0, 0.1) is 11.3 Å². The third-order valence-corrected chi connectivity index (χ3v) is 2.91. The van der Waals surface area contributed by atoms with Gasteiger partial charge in [0.1, 0.15) is 6.04 Å². The topological polar surface area (TPSA) is 101 Å². The number of carboxylic acids is 2. The zero-order valence-corrected chi connectivity index (χ0v) is 8.58. The van der Waals surface area contributed by atoms with Crippen molar-refractivity contribution in [3.05, 3.63) is 0 Å². The minimum atomic E-state index is -1.12. The van der Waals surface area contributed by atoms with Gasteiger partial charge in [-0.25, -0.2) is 0 Å². The Kier molecular flexibility index (Phi) is 3.91. The van der Waals surface area contributed by atoms with Crippen LogP contribution in [0.2, 0.25) is 0 Å². The molecule has 1 fully saturated rings. The van der Waals surface area contributed by atoms with Crippen molar-refractivity contribution in [3.63, 3.8) is 0 Å². The number of aliphatic carboxylic acids is 2. The van der Waals surface area contributed by atoms with E-state index >= 15 is 0 Å². The Balaban J connectivity index is 0.00000169. The van der Waals surface area contributed by atoms with Crippen molar-refractivity contribution in [2.45, 2.75) is 25.8 Å². The molecule has 82 valence electrons. The molecule has 0 aliphatic heterocycles. The van der Waals surface area contributed by atoms with Crippen molar-refractivity contribution in [3.8, 4) is 0 Å². The average molecular weight is 224 g/mol. The van der Waals surface area contributed by atoms with E-state index < -0.39 is 29.3 Å². The van der Waals surface area contributed by atoms with Crippen LogP contribution in [-0.4, -0.2) is 28.2 Å². The van der Waals surface area contributed by atoms with Gasteiger partial charge >= 0.3 is 11.9 Å². The molecule has 5 nitrogen and oxygen atoms in total. The van der Waals surface area contributed by atoms with E-state index in [0.29, 0.717) is 12.8 Å². The predicted octanol–water partition coefficient (Wildman–Crippen LogP) is 0.321. The summed E-state index contributed by atoms with van der Waals surface area (Å²) < 4.78 is 0. The van der Waals surface area contributed by atoms with E-state index in [2.05, 4.69) is 0 Å². The van der Waals surface area contributed by atoms with Gasteiger partial charge in [-0.3, -0.25) is 9.59 Å². The van der Waals surface area contributed by atoms with Crippen LogP contribution in [0.15, 0.2) is 0 Å². The highest BCUT2D eigenvalue weighted by atomic mass is 35.5. The maximum atomic E-state index is 10.8. The highest BCUT2D eigenvalue weighted by Crippen LogP contribution is 2.56. The summed E-state index contributed by atoms with van der Waals surface area (Å²) in [7, 11) is 0. The van der Waals surface area contributed by atoms with Crippen LogP contribution in [0.1, 0.15) is 19.8 Å². The molecule has 1 rings (SSSR count). The Hall–Kier alpha value is -0.810. The molecule has 1 aliphatic rings. The number of halogens is 1. The minimum Gasteiger partial charge on any atom is -0.481 e. The lowest BCUT2D eigenvalue weighted by Gasteiger charge is -2.11. The van der Waals surface area contributed by atoms with Crippen LogP contribution < -0.4 is 5.73 Å². The van der Waals surface area contributed by atoms with Crippen molar-refractivity contribution in [1.29, 1.82) is 0 Å². The van der Waals surface area contributed by atoms with Gasteiger partial charge in [0, 0.05) is 5.92 Å². The molecule has 0 aromatic heterocycles. The second kappa shape index (κ2) is 4.14. The molecule has 14 heavy (non-hydrogen) atoms. The number of rotatable bonds is 4. The van der Waals surface area contributed by atoms with Gasteiger partial charge < -0.3 is 15.9 Å². The summed E-state index contributed by atoms with van der Waals surface area (Å²) in [6.07, 6.45) is 0.820. The number of carbonyl (C=O) groups is 2. The second-order valence-corrected chi connectivity index (χ2v) is 3.49. The fraction of sp³-hybridized carbons (Fsp3) is 0.750. The molecule has 0 spiro atoms. The van der Waals surface area contributed by atoms with Gasteiger partial charge in [0.2, 0.25) is 0 Å². The van der Waals surface area contributed by atoms with Crippen molar-refractivity contribution >= 4 is 24.3 Å². The quantitative estimate of drug-likeness (QED) is 0.637. The lowest BCUT2D eigenvalue weighted by atomic mass is 9.97. The Morgan fingerprint density at radius 1 is 1.57 bits per heavy atom. The monoisotopic (exact) mass is 223 g/mol. The molecule has 1 saturated carbocycles. The number of hydrogen-bond acceptors (Lipinski definition) is 3. The first-order chi connectivity index (χ1) is 5.95. The van der Waals surface area contributed by atoms with Gasteiger partial charge in [0.05, 0.1) is 5.41 Å². The molecule has 0 bridgehead atoms. The highest BCUT2D eigenvalue weighted by Gasteiger charge is 2.62. The molecule has 1 aliphatic carbocycles. The molecule has 0 unspecified atom stereocenters. The van der Waals surface area contributed by atoms with Crippen molar-refractivity contribution < 1.29 is 19.8 Å². The first-order valence-electron chi connectivity index (χ1n) is 4.17. The van der Waals surface area contributed by atoms with E-state index in [1.807, 2.05) is 0 Å². The number of carboxylic acid groups (broad SMARTS) is 2. The lowest BCUT2D eigenvalue weighted by molar-refractivity contribution is -0.145. The summed E-state index contributed by atoms with van der Waals surface area (Å²) in [5.74, 6) is -2.47. The van der Waals surface area contributed by atoms with Crippen molar-refractivity contribution in [2.24, 2.45) is 17.1 Å². The van der Waals surface area contributed by atoms with E-state index in [9.17, 15) is 9.59 Å². The average Bonchev–Trinajstić information content (AvgIpc) is 2.78. The van der Waals surface area contributed by atoms with E-state index in [1.165, 1.54) is 0 Å². The third kappa shape index (κ3) is 1.83. The molecular weight excluding hydrogens is 210 g/mol. The van der Waals surface area contributed by atoms with Gasteiger partial charge in [0.25, 0.3) is 0 Å². The lowest BCUT2D eigenvalue weighted by Crippen LogP contribution is -2.36. The summed E-state index contributed by atoms with van der Waals surface area (Å²) in [5, 5.41) is 17.4. The third-order valence-electron chi connectivity index (χ3n) is 2.91. The van der Waals surface area contributed by atoms with E-state index in [-0.39, 0.29) is 12.4 Å². The molecule has 0 heterocycles. The maximum Gasteiger partial charge on any atom is 0.320 e. The van der Waals surface area contributed by atoms with Crippen LogP contribution in [0.25, 0.3) is 0 Å². The Morgan fingerprint density at radius 2 is 2.07 bits per heavy atom. The second-order valence-electron chi connectivity index (χ2n) is 3.49. The first-order valence-corrected chi connectivity index (χ1v) is 4.17. The summed E-state index contributed by atoms with van der Waals surface area (Å²) in [6.45, 7) is 1.74. The zero-order valence-electron chi connectivity index (χ0n) is 7.77. The normalized spacial score (nSPS) is 31.4. The highest BCUT2D eigenvalue weighted by molar-refractivity contribution is 5.85. The van der Waals surface area contributed by atoms with Crippen molar-refractivity contribution in [1.82, 2.24) is 0 Å². The standard InChI is InChI=1S/C8H13NO4.ClH/c1-2-8(7(12)13)3-4(8)5(9)6(10)11;/h4-5H,2-3,9H2,1H3,(H,10,11)(H,12,13);1H/t4-,5-,8-;/m0./s1. The van der Waals surface area contributed by atoms with Gasteiger partial charge in [-0.1, -0.05) is 6.92 Å². The zero-order chi connectivity index (χ0) is 10.2. The van der Waals surface area contributed by atoms with E-state index in [4.69, 9.17) is 15.9 Å². The van der Waals surface area contributed by atoms with Crippen LogP contribution in [0.5, 0.6) is 0 Å². The molecule has 0 aromatic carbocycles. The maximum absolute atomic E-state index is 10.8. The van der Waals surface area contributed by atoms with Gasteiger partial charge in [-0.2, -0.15) is 0 Å². The predicted molar refractivity (Wildman–Crippen MR) is 51.3 cm³/mol. The summed E-state index contributed by atoms with van der Waals surface area (Å²) in [6, 6.07) is -1.05. The molecule has 4 N–H and O–H groups in total. The van der Waals surface area contributed by atoms with Gasteiger partial charge in [0.15, 0.2) is 0 Å². The van der Waals surface area contributed by atoms with Crippen LogP contribution in [0.3, 0.4) is 0 Å². The van der Waals surface area contributed by atoms with E-state index in [1.54, 1.807) is 6.92 Å². The fourth-order valence-corrected chi connectivity index (χ4v) is 1.78. The van der Waals surface area contributed by atoms with E-state index in [0.717, 1.165) is 0 Å². The van der Waals surface area contributed by atoms with Crippen LogP contribution in [-0.2, 0) is 9.59 Å². The summed E-state index contributed by atoms with van der Waals surface area (Å²) >= 11 is 0. The fourth-order valence-electron chi connectivity index (χ4n) is 1.78. The molecule has 6 heteroatoms. The van der Waals surface area contributed by atoms with Gasteiger partial charge in [-0.05, 0) is 12.8 Å².